The van der Waals surface area contributed by atoms with Gasteiger partial charge in [-0.05, 0) is 42.8 Å². The monoisotopic (exact) mass is 329 g/mol. The highest BCUT2D eigenvalue weighted by Crippen LogP contribution is 2.22. The fraction of sp³-hybridized carbons (Fsp3) is 0.353. The Balaban J connectivity index is 1.55. The summed E-state index contributed by atoms with van der Waals surface area (Å²) in [5.41, 5.74) is 1.69. The molecule has 1 aliphatic heterocycles. The first kappa shape index (κ1) is 15.7. The third-order valence-corrected chi connectivity index (χ3v) is 4.86. The van der Waals surface area contributed by atoms with Crippen molar-refractivity contribution in [2.24, 2.45) is 5.92 Å². The van der Waals surface area contributed by atoms with Gasteiger partial charge >= 0.3 is 0 Å². The predicted octanol–water partition coefficient (Wildman–Crippen LogP) is 2.94. The molecule has 0 aliphatic carbocycles. The second kappa shape index (κ2) is 6.91. The molecule has 0 saturated carbocycles. The van der Waals surface area contributed by atoms with Crippen LogP contribution >= 0.6 is 11.3 Å². The minimum Gasteiger partial charge on any atom is -0.339 e. The van der Waals surface area contributed by atoms with Crippen LogP contribution in [0.4, 0.5) is 5.82 Å². The Morgan fingerprint density at radius 3 is 2.74 bits per heavy atom. The SMILES string of the molecule is Cc1cccnc1NC(=O)C1CCN(C(=O)c2ccsc2)CC1. The zero-order valence-corrected chi connectivity index (χ0v) is 13.8. The number of thiophene rings is 1. The van der Waals surface area contributed by atoms with Gasteiger partial charge in [-0.1, -0.05) is 6.07 Å². The lowest BCUT2D eigenvalue weighted by atomic mass is 9.95. The van der Waals surface area contributed by atoms with Crippen LogP contribution in [0, 0.1) is 12.8 Å². The van der Waals surface area contributed by atoms with Crippen molar-refractivity contribution >= 4 is 29.0 Å². The molecule has 0 aromatic carbocycles. The van der Waals surface area contributed by atoms with Gasteiger partial charge in [-0.3, -0.25) is 9.59 Å². The maximum atomic E-state index is 12.4. The summed E-state index contributed by atoms with van der Waals surface area (Å²) in [5.74, 6) is 0.609. The molecule has 0 spiro atoms. The summed E-state index contributed by atoms with van der Waals surface area (Å²) >= 11 is 1.52. The van der Waals surface area contributed by atoms with Gasteiger partial charge in [0.2, 0.25) is 5.91 Å². The first-order valence-electron chi connectivity index (χ1n) is 7.69. The summed E-state index contributed by atoms with van der Waals surface area (Å²) in [6.45, 7) is 3.16. The molecule has 6 heteroatoms. The zero-order chi connectivity index (χ0) is 16.2. The lowest BCUT2D eigenvalue weighted by molar-refractivity contribution is -0.121. The van der Waals surface area contributed by atoms with Gasteiger partial charge in [-0.2, -0.15) is 11.3 Å². The summed E-state index contributed by atoms with van der Waals surface area (Å²) < 4.78 is 0. The molecule has 1 N–H and O–H groups in total. The highest BCUT2D eigenvalue weighted by atomic mass is 32.1. The third-order valence-electron chi connectivity index (χ3n) is 4.17. The number of nitrogens with one attached hydrogen (secondary N) is 1. The van der Waals surface area contributed by atoms with E-state index in [0.29, 0.717) is 31.7 Å². The van der Waals surface area contributed by atoms with Crippen molar-refractivity contribution in [1.82, 2.24) is 9.88 Å². The van der Waals surface area contributed by atoms with Crippen molar-refractivity contribution < 1.29 is 9.59 Å². The molecule has 0 radical (unpaired) electrons. The minimum atomic E-state index is -0.0667. The third kappa shape index (κ3) is 3.59. The molecular weight excluding hydrogens is 310 g/mol. The number of likely N-dealkylation sites (tertiary alicyclic amines) is 1. The molecule has 1 fully saturated rings. The number of aryl methyl sites for hydroxylation is 1. The first-order valence-corrected chi connectivity index (χ1v) is 8.63. The smallest absolute Gasteiger partial charge is 0.254 e. The van der Waals surface area contributed by atoms with Crippen molar-refractivity contribution in [2.75, 3.05) is 18.4 Å². The maximum absolute atomic E-state index is 12.4. The van der Waals surface area contributed by atoms with Gasteiger partial charge in [0.05, 0.1) is 5.56 Å². The fourth-order valence-electron chi connectivity index (χ4n) is 2.75. The predicted molar refractivity (Wildman–Crippen MR) is 90.6 cm³/mol. The molecule has 5 nitrogen and oxygen atoms in total. The topological polar surface area (TPSA) is 62.3 Å². The van der Waals surface area contributed by atoms with Crippen LogP contribution in [0.3, 0.4) is 0 Å². The number of carbonyl (C=O) groups excluding carboxylic acids is 2. The maximum Gasteiger partial charge on any atom is 0.254 e. The number of carbonyl (C=O) groups is 2. The highest BCUT2D eigenvalue weighted by Gasteiger charge is 2.28. The van der Waals surface area contributed by atoms with E-state index in [2.05, 4.69) is 10.3 Å². The van der Waals surface area contributed by atoms with Gasteiger partial charge < -0.3 is 10.2 Å². The van der Waals surface area contributed by atoms with Crippen molar-refractivity contribution in [2.45, 2.75) is 19.8 Å². The van der Waals surface area contributed by atoms with E-state index in [1.807, 2.05) is 40.8 Å². The van der Waals surface area contributed by atoms with Crippen LogP contribution in [0.15, 0.2) is 35.2 Å². The number of pyridine rings is 1. The molecular formula is C17H19N3O2S. The Kier molecular flexibility index (Phi) is 4.71. The van der Waals surface area contributed by atoms with Crippen LogP contribution in [0.2, 0.25) is 0 Å². The van der Waals surface area contributed by atoms with Crippen LogP contribution in [-0.4, -0.2) is 34.8 Å². The number of hydrogen-bond donors (Lipinski definition) is 1. The van der Waals surface area contributed by atoms with Gasteiger partial charge in [0.1, 0.15) is 5.82 Å². The van der Waals surface area contributed by atoms with Gasteiger partial charge in [0.25, 0.3) is 5.91 Å². The second-order valence-corrected chi connectivity index (χ2v) is 6.52. The van der Waals surface area contributed by atoms with Crippen molar-refractivity contribution in [1.29, 1.82) is 0 Å². The molecule has 0 atom stereocenters. The molecule has 2 amide bonds. The number of nitrogens with zero attached hydrogens (tertiary/aromatic N) is 2. The number of anilines is 1. The number of piperidine rings is 1. The lowest BCUT2D eigenvalue weighted by Crippen LogP contribution is -2.41. The van der Waals surface area contributed by atoms with Gasteiger partial charge in [-0.25, -0.2) is 4.98 Å². The molecule has 2 aromatic heterocycles. The Morgan fingerprint density at radius 1 is 1.30 bits per heavy atom. The number of amides is 2. The lowest BCUT2D eigenvalue weighted by Gasteiger charge is -2.31. The molecule has 3 heterocycles. The van der Waals surface area contributed by atoms with E-state index in [-0.39, 0.29) is 17.7 Å². The van der Waals surface area contributed by atoms with Crippen LogP contribution < -0.4 is 5.32 Å². The molecule has 3 rings (SSSR count). The van der Waals surface area contributed by atoms with Crippen LogP contribution in [0.1, 0.15) is 28.8 Å². The van der Waals surface area contributed by atoms with Crippen molar-refractivity contribution in [3.63, 3.8) is 0 Å². The van der Waals surface area contributed by atoms with Crippen molar-refractivity contribution in [3.8, 4) is 0 Å². The summed E-state index contributed by atoms with van der Waals surface area (Å²) in [6, 6.07) is 5.61. The molecule has 0 bridgehead atoms. The quantitative estimate of drug-likeness (QED) is 0.942. The average molecular weight is 329 g/mol. The Labute approximate surface area is 139 Å². The summed E-state index contributed by atoms with van der Waals surface area (Å²) in [5, 5.41) is 6.67. The number of hydrogen-bond acceptors (Lipinski definition) is 4. The van der Waals surface area contributed by atoms with E-state index < -0.39 is 0 Å². The molecule has 2 aromatic rings. The van der Waals surface area contributed by atoms with Crippen LogP contribution in [0.25, 0.3) is 0 Å². The molecule has 1 aliphatic rings. The molecule has 120 valence electrons. The Bertz CT molecular complexity index is 692. The standard InChI is InChI=1S/C17H19N3O2S/c1-12-3-2-7-18-15(12)19-16(21)13-4-8-20(9-5-13)17(22)14-6-10-23-11-14/h2-3,6-7,10-11,13H,4-5,8-9H2,1H3,(H,18,19,21). The number of rotatable bonds is 3. The van der Waals surface area contributed by atoms with E-state index in [1.165, 1.54) is 11.3 Å². The molecule has 23 heavy (non-hydrogen) atoms. The first-order chi connectivity index (χ1) is 11.1. The van der Waals surface area contributed by atoms with Gasteiger partial charge in [0, 0.05) is 30.6 Å². The number of aromatic nitrogens is 1. The second-order valence-electron chi connectivity index (χ2n) is 5.74. The normalized spacial score (nSPS) is 15.4. The Hall–Kier alpha value is -2.21. The average Bonchev–Trinajstić information content (AvgIpc) is 3.11. The summed E-state index contributed by atoms with van der Waals surface area (Å²) in [7, 11) is 0. The van der Waals surface area contributed by atoms with Gasteiger partial charge in [0.15, 0.2) is 0 Å². The Morgan fingerprint density at radius 2 is 2.09 bits per heavy atom. The van der Waals surface area contributed by atoms with E-state index in [1.54, 1.807) is 6.20 Å². The summed E-state index contributed by atoms with van der Waals surface area (Å²) in [4.78, 5) is 30.7. The van der Waals surface area contributed by atoms with E-state index in [0.717, 1.165) is 11.1 Å². The largest absolute Gasteiger partial charge is 0.339 e. The van der Waals surface area contributed by atoms with E-state index in [4.69, 9.17) is 0 Å². The molecule has 1 saturated heterocycles. The minimum absolute atomic E-state index is 0.00516. The van der Waals surface area contributed by atoms with Crippen molar-refractivity contribution in [3.05, 3.63) is 46.3 Å². The van der Waals surface area contributed by atoms with Crippen LogP contribution in [0.5, 0.6) is 0 Å². The molecule has 0 unspecified atom stereocenters. The highest BCUT2D eigenvalue weighted by molar-refractivity contribution is 7.08. The van der Waals surface area contributed by atoms with Gasteiger partial charge in [-0.15, -0.1) is 0 Å². The zero-order valence-electron chi connectivity index (χ0n) is 13.0. The summed E-state index contributed by atoms with van der Waals surface area (Å²) in [6.07, 6.45) is 3.05. The van der Waals surface area contributed by atoms with E-state index in [9.17, 15) is 9.59 Å². The fourth-order valence-corrected chi connectivity index (χ4v) is 3.38. The van der Waals surface area contributed by atoms with Crippen LogP contribution in [-0.2, 0) is 4.79 Å². The van der Waals surface area contributed by atoms with E-state index >= 15 is 0 Å².